The zero-order valence-corrected chi connectivity index (χ0v) is 25.8. The molecule has 0 N–H and O–H groups in total. The first-order valence-corrected chi connectivity index (χ1v) is 16.4. The molecule has 11 rings (SSSR count). The van der Waals surface area contributed by atoms with Crippen LogP contribution in [0.4, 0.5) is 0 Å². The highest BCUT2D eigenvalue weighted by Gasteiger charge is 2.28. The van der Waals surface area contributed by atoms with Gasteiger partial charge in [0.25, 0.3) is 0 Å². The van der Waals surface area contributed by atoms with Gasteiger partial charge in [-0.05, 0) is 39.7 Å². The molecule has 0 unspecified atom stereocenters. The first-order valence-electron chi connectivity index (χ1n) is 16.4. The van der Waals surface area contributed by atoms with Gasteiger partial charge in [-0.3, -0.25) is 8.97 Å². The van der Waals surface area contributed by atoms with E-state index in [0.29, 0.717) is 5.82 Å². The number of rotatable bonds is 3. The van der Waals surface area contributed by atoms with Crippen molar-refractivity contribution in [3.8, 4) is 28.3 Å². The lowest BCUT2D eigenvalue weighted by molar-refractivity contribution is 1.06. The molecule has 0 bridgehead atoms. The Morgan fingerprint density at radius 1 is 0.458 bits per heavy atom. The van der Waals surface area contributed by atoms with Crippen LogP contribution in [0, 0.1) is 0 Å². The third-order valence-electron chi connectivity index (χ3n) is 10.1. The standard InChI is InChI=1S/C44H26N4/c1-3-14-28(15-4-1)41-37(26-45-43(46-41)29-16-5-2-6-17-29)47-36-24-23-27-13-7-9-19-31(27)39(36)40-34-25-30-18-8-10-20-32(30)38-33-21-11-12-22-35(33)48(42(34)38)44(40)47/h1-26H. The molecule has 0 saturated carbocycles. The highest BCUT2D eigenvalue weighted by atomic mass is 15.1. The molecule has 4 heterocycles. The van der Waals surface area contributed by atoms with Crippen LogP contribution in [0.5, 0.6) is 0 Å². The van der Waals surface area contributed by atoms with Crippen molar-refractivity contribution < 1.29 is 0 Å². The molecule has 0 aliphatic heterocycles. The number of hydrogen-bond donors (Lipinski definition) is 0. The Balaban J connectivity index is 1.41. The zero-order valence-electron chi connectivity index (χ0n) is 25.8. The van der Waals surface area contributed by atoms with Gasteiger partial charge in [0.05, 0.1) is 34.1 Å². The summed E-state index contributed by atoms with van der Waals surface area (Å²) < 4.78 is 4.92. The minimum absolute atomic E-state index is 0.708. The van der Waals surface area contributed by atoms with Gasteiger partial charge in [0, 0.05) is 38.1 Å². The average molecular weight is 611 g/mol. The summed E-state index contributed by atoms with van der Waals surface area (Å²) in [6.45, 7) is 0. The van der Waals surface area contributed by atoms with E-state index in [2.05, 4.69) is 142 Å². The maximum Gasteiger partial charge on any atom is 0.159 e. The summed E-state index contributed by atoms with van der Waals surface area (Å²) in [6.07, 6.45) is 2.02. The van der Waals surface area contributed by atoms with Crippen molar-refractivity contribution in [2.75, 3.05) is 0 Å². The van der Waals surface area contributed by atoms with Crippen molar-refractivity contribution in [2.24, 2.45) is 0 Å². The molecule has 0 amide bonds. The third kappa shape index (κ3) is 3.33. The lowest BCUT2D eigenvalue weighted by Gasteiger charge is -2.15. The SMILES string of the molecule is c1ccc(-c2ncc(-n3c4ccc5ccccc5c4c4c5cc6ccccc6c6c7ccccc7n(c56)c43)c(-c3ccccc3)n2)cc1. The van der Waals surface area contributed by atoms with E-state index in [9.17, 15) is 0 Å². The van der Waals surface area contributed by atoms with Crippen LogP contribution in [-0.4, -0.2) is 18.9 Å². The largest absolute Gasteiger partial charge is 0.294 e. The second-order valence-electron chi connectivity index (χ2n) is 12.6. The number of hydrogen-bond acceptors (Lipinski definition) is 2. The highest BCUT2D eigenvalue weighted by molar-refractivity contribution is 6.37. The Kier molecular flexibility index (Phi) is 5.08. The van der Waals surface area contributed by atoms with Crippen molar-refractivity contribution in [3.63, 3.8) is 0 Å². The van der Waals surface area contributed by atoms with E-state index in [1.165, 1.54) is 59.5 Å². The number of fused-ring (bicyclic) bond motifs is 12. The van der Waals surface area contributed by atoms with Crippen molar-refractivity contribution >= 4 is 70.7 Å². The maximum absolute atomic E-state index is 5.32. The van der Waals surface area contributed by atoms with Crippen LogP contribution < -0.4 is 0 Å². The Bertz CT molecular complexity index is 3040. The highest BCUT2D eigenvalue weighted by Crippen LogP contribution is 2.48. The molecule has 11 aromatic rings. The van der Waals surface area contributed by atoms with Gasteiger partial charge < -0.3 is 0 Å². The fraction of sp³-hybridized carbons (Fsp3) is 0. The second-order valence-corrected chi connectivity index (χ2v) is 12.6. The third-order valence-corrected chi connectivity index (χ3v) is 10.1. The summed E-state index contributed by atoms with van der Waals surface area (Å²) in [4.78, 5) is 10.4. The van der Waals surface area contributed by atoms with Gasteiger partial charge in [-0.25, -0.2) is 9.97 Å². The lowest BCUT2D eigenvalue weighted by Crippen LogP contribution is -2.04. The molecule has 0 fully saturated rings. The zero-order chi connectivity index (χ0) is 31.3. The summed E-state index contributed by atoms with van der Waals surface area (Å²) in [6, 6.07) is 54.1. The molecule has 0 atom stereocenters. The van der Waals surface area contributed by atoms with Gasteiger partial charge in [-0.15, -0.1) is 0 Å². The summed E-state index contributed by atoms with van der Waals surface area (Å²) >= 11 is 0. The van der Waals surface area contributed by atoms with E-state index in [0.717, 1.165) is 33.7 Å². The van der Waals surface area contributed by atoms with E-state index >= 15 is 0 Å². The van der Waals surface area contributed by atoms with E-state index in [1.54, 1.807) is 0 Å². The molecule has 7 aromatic carbocycles. The number of benzene rings is 7. The van der Waals surface area contributed by atoms with Gasteiger partial charge in [0.2, 0.25) is 0 Å². The summed E-state index contributed by atoms with van der Waals surface area (Å²) in [5.41, 5.74) is 8.60. The van der Waals surface area contributed by atoms with Crippen LogP contribution in [0.25, 0.3) is 99.0 Å². The first-order chi connectivity index (χ1) is 23.8. The molecule has 4 heteroatoms. The van der Waals surface area contributed by atoms with Crippen molar-refractivity contribution in [1.82, 2.24) is 18.9 Å². The topological polar surface area (TPSA) is 35.1 Å². The normalized spacial score (nSPS) is 12.2. The van der Waals surface area contributed by atoms with E-state index < -0.39 is 0 Å². The number of nitrogens with zero attached hydrogens (tertiary/aromatic N) is 4. The van der Waals surface area contributed by atoms with Crippen molar-refractivity contribution in [1.29, 1.82) is 0 Å². The van der Waals surface area contributed by atoms with Crippen LogP contribution in [0.15, 0.2) is 158 Å². The van der Waals surface area contributed by atoms with Gasteiger partial charge in [0.1, 0.15) is 5.65 Å². The van der Waals surface area contributed by atoms with Crippen LogP contribution in [-0.2, 0) is 0 Å². The summed E-state index contributed by atoms with van der Waals surface area (Å²) in [5, 5.41) is 11.3. The number of para-hydroxylation sites is 1. The van der Waals surface area contributed by atoms with Crippen molar-refractivity contribution in [3.05, 3.63) is 158 Å². The van der Waals surface area contributed by atoms with E-state index in [4.69, 9.17) is 9.97 Å². The van der Waals surface area contributed by atoms with Crippen LogP contribution in [0.2, 0.25) is 0 Å². The molecule has 0 spiro atoms. The number of aromatic nitrogens is 4. The molecule has 222 valence electrons. The minimum Gasteiger partial charge on any atom is -0.294 e. The van der Waals surface area contributed by atoms with Gasteiger partial charge in [-0.1, -0.05) is 133 Å². The molecule has 0 aliphatic rings. The maximum atomic E-state index is 5.32. The minimum atomic E-state index is 0.708. The summed E-state index contributed by atoms with van der Waals surface area (Å²) in [5.74, 6) is 0.708. The average Bonchev–Trinajstić information content (AvgIpc) is 3.79. The Labute approximate surface area is 275 Å². The second kappa shape index (κ2) is 9.50. The Morgan fingerprint density at radius 2 is 1.10 bits per heavy atom. The molecular weight excluding hydrogens is 585 g/mol. The molecule has 0 radical (unpaired) electrons. The fourth-order valence-corrected chi connectivity index (χ4v) is 8.08. The van der Waals surface area contributed by atoms with E-state index in [-0.39, 0.29) is 0 Å². The molecule has 48 heavy (non-hydrogen) atoms. The molecule has 0 aliphatic carbocycles. The fourth-order valence-electron chi connectivity index (χ4n) is 8.08. The predicted molar refractivity (Wildman–Crippen MR) is 199 cm³/mol. The van der Waals surface area contributed by atoms with Gasteiger partial charge >= 0.3 is 0 Å². The predicted octanol–water partition coefficient (Wildman–Crippen LogP) is 11.2. The van der Waals surface area contributed by atoms with Gasteiger partial charge in [-0.2, -0.15) is 0 Å². The molecular formula is C44H26N4. The van der Waals surface area contributed by atoms with Crippen LogP contribution in [0.1, 0.15) is 0 Å². The molecule has 0 saturated heterocycles. The lowest BCUT2D eigenvalue weighted by atomic mass is 9.98. The monoisotopic (exact) mass is 610 g/mol. The smallest absolute Gasteiger partial charge is 0.159 e. The van der Waals surface area contributed by atoms with Gasteiger partial charge in [0.15, 0.2) is 5.82 Å². The van der Waals surface area contributed by atoms with Crippen molar-refractivity contribution in [2.45, 2.75) is 0 Å². The Morgan fingerprint density at radius 3 is 1.90 bits per heavy atom. The first kappa shape index (κ1) is 25.6. The molecule has 4 nitrogen and oxygen atoms in total. The quantitative estimate of drug-likeness (QED) is 0.199. The van der Waals surface area contributed by atoms with Crippen LogP contribution >= 0.6 is 0 Å². The summed E-state index contributed by atoms with van der Waals surface area (Å²) in [7, 11) is 0. The Hall–Kier alpha value is -6.52. The molecule has 4 aromatic heterocycles. The van der Waals surface area contributed by atoms with Crippen LogP contribution in [0.3, 0.4) is 0 Å². The van der Waals surface area contributed by atoms with E-state index in [1.807, 2.05) is 24.4 Å².